The number of hydrogen-bond donors (Lipinski definition) is 1. The molecule has 1 saturated carbocycles. The molecule has 1 aliphatic carbocycles. The Labute approximate surface area is 285 Å². The first-order valence-electron chi connectivity index (χ1n) is 15.5. The van der Waals surface area contributed by atoms with Gasteiger partial charge >= 0.3 is 0 Å². The molecule has 1 N–H and O–H groups in total. The number of carbonyl (C=O) groups excluding carboxylic acids is 2. The van der Waals surface area contributed by atoms with Gasteiger partial charge in [0.2, 0.25) is 11.8 Å². The third-order valence-electron chi connectivity index (χ3n) is 8.34. The molecule has 1 fully saturated rings. The molecule has 4 aromatic carbocycles. The Kier molecular flexibility index (Phi) is 11.6. The van der Waals surface area contributed by atoms with Gasteiger partial charge in [-0.15, -0.1) is 0 Å². The molecule has 246 valence electrons. The second-order valence-electron chi connectivity index (χ2n) is 11.6. The van der Waals surface area contributed by atoms with E-state index in [1.54, 1.807) is 36.4 Å². The maximum Gasteiger partial charge on any atom is 0.264 e. The summed E-state index contributed by atoms with van der Waals surface area (Å²) < 4.78 is 43.0. The lowest BCUT2D eigenvalue weighted by Gasteiger charge is -2.35. The molecule has 0 unspecified atom stereocenters. The molecule has 0 radical (unpaired) electrons. The van der Waals surface area contributed by atoms with Crippen molar-refractivity contribution in [3.05, 3.63) is 130 Å². The highest BCUT2D eigenvalue weighted by Crippen LogP contribution is 2.29. The summed E-state index contributed by atoms with van der Waals surface area (Å²) in [5.74, 6) is -1.57. The molecule has 7 nitrogen and oxygen atoms in total. The smallest absolute Gasteiger partial charge is 0.264 e. The van der Waals surface area contributed by atoms with Gasteiger partial charge < -0.3 is 10.2 Å². The quantitative estimate of drug-likeness (QED) is 0.167. The van der Waals surface area contributed by atoms with Crippen molar-refractivity contribution in [1.82, 2.24) is 10.2 Å². The lowest BCUT2D eigenvalue weighted by Crippen LogP contribution is -2.55. The largest absolute Gasteiger partial charge is 0.352 e. The average Bonchev–Trinajstić information content (AvgIpc) is 3.08. The summed E-state index contributed by atoms with van der Waals surface area (Å²) in [5.41, 5.74) is 1.32. The molecule has 2 amide bonds. The van der Waals surface area contributed by atoms with E-state index in [4.69, 9.17) is 23.2 Å². The van der Waals surface area contributed by atoms with Gasteiger partial charge in [0.25, 0.3) is 10.0 Å². The Bertz CT molecular complexity index is 1750. The Morgan fingerprint density at radius 1 is 0.809 bits per heavy atom. The second-order valence-corrected chi connectivity index (χ2v) is 14.2. The van der Waals surface area contributed by atoms with Crippen LogP contribution in [-0.4, -0.2) is 43.8 Å². The van der Waals surface area contributed by atoms with Crippen LogP contribution in [0.5, 0.6) is 0 Å². The predicted octanol–water partition coefficient (Wildman–Crippen LogP) is 7.42. The molecule has 11 heteroatoms. The van der Waals surface area contributed by atoms with Crippen molar-refractivity contribution < 1.29 is 22.4 Å². The van der Waals surface area contributed by atoms with E-state index in [0.29, 0.717) is 15.6 Å². The third kappa shape index (κ3) is 8.71. The monoisotopic (exact) mass is 695 g/mol. The molecule has 47 heavy (non-hydrogen) atoms. The van der Waals surface area contributed by atoms with Crippen LogP contribution in [0.25, 0.3) is 0 Å². The first-order chi connectivity index (χ1) is 22.6. The molecule has 0 aromatic heterocycles. The number of benzene rings is 4. The standard InChI is InChI=1S/C36H36Cl2FN3O4S/c37-32-17-10-18-33(38)31(32)24-41(34(23-26-11-4-1-5-12-26)36(44)40-28-13-6-2-7-14-28)35(43)25-42(29-21-19-27(39)20-22-29)47(45,46)30-15-8-3-9-16-30/h1,3-5,8-12,15-22,28,34H,2,6-7,13-14,23-25H2,(H,40,44)/t34-/m0/s1. The minimum absolute atomic E-state index is 0.0375. The van der Waals surface area contributed by atoms with E-state index in [0.717, 1.165) is 54.1 Å². The highest BCUT2D eigenvalue weighted by atomic mass is 35.5. The predicted molar refractivity (Wildman–Crippen MR) is 183 cm³/mol. The third-order valence-corrected chi connectivity index (χ3v) is 10.8. The van der Waals surface area contributed by atoms with E-state index in [-0.39, 0.29) is 35.5 Å². The van der Waals surface area contributed by atoms with Gasteiger partial charge in [0.15, 0.2) is 0 Å². The zero-order chi connectivity index (χ0) is 33.4. The minimum atomic E-state index is -4.30. The maximum absolute atomic E-state index is 14.6. The molecule has 1 atom stereocenters. The normalized spacial score (nSPS) is 14.3. The fourth-order valence-electron chi connectivity index (χ4n) is 5.81. The van der Waals surface area contributed by atoms with Gasteiger partial charge in [-0.05, 0) is 66.9 Å². The second kappa shape index (κ2) is 15.8. The molecule has 0 bridgehead atoms. The topological polar surface area (TPSA) is 86.8 Å². The van der Waals surface area contributed by atoms with Crippen LogP contribution < -0.4 is 9.62 Å². The summed E-state index contributed by atoms with van der Waals surface area (Å²) in [6.07, 6.45) is 4.93. The van der Waals surface area contributed by atoms with E-state index in [2.05, 4.69) is 5.32 Å². The fraction of sp³-hybridized carbons (Fsp3) is 0.278. The van der Waals surface area contributed by atoms with Crippen LogP contribution in [0.15, 0.2) is 108 Å². The van der Waals surface area contributed by atoms with Crippen LogP contribution in [0.2, 0.25) is 10.0 Å². The van der Waals surface area contributed by atoms with E-state index < -0.39 is 34.3 Å². The Balaban J connectivity index is 1.58. The van der Waals surface area contributed by atoms with Crippen LogP contribution in [-0.2, 0) is 32.6 Å². The summed E-state index contributed by atoms with van der Waals surface area (Å²) in [6, 6.07) is 25.8. The van der Waals surface area contributed by atoms with Crippen molar-refractivity contribution in [3.63, 3.8) is 0 Å². The van der Waals surface area contributed by atoms with Gasteiger partial charge in [-0.25, -0.2) is 12.8 Å². The number of hydrogen-bond acceptors (Lipinski definition) is 4. The number of nitrogens with zero attached hydrogens (tertiary/aromatic N) is 2. The summed E-state index contributed by atoms with van der Waals surface area (Å²) in [5, 5.41) is 3.76. The number of sulfonamides is 1. The summed E-state index contributed by atoms with van der Waals surface area (Å²) in [6.45, 7) is -0.831. The molecular formula is C36H36Cl2FN3O4S. The van der Waals surface area contributed by atoms with Gasteiger partial charge in [-0.2, -0.15) is 0 Å². The van der Waals surface area contributed by atoms with E-state index in [1.165, 1.54) is 29.2 Å². The van der Waals surface area contributed by atoms with E-state index >= 15 is 0 Å². The van der Waals surface area contributed by atoms with Crippen molar-refractivity contribution in [2.24, 2.45) is 0 Å². The molecule has 4 aromatic rings. The average molecular weight is 697 g/mol. The lowest BCUT2D eigenvalue weighted by molar-refractivity contribution is -0.140. The fourth-order valence-corrected chi connectivity index (χ4v) is 7.76. The summed E-state index contributed by atoms with van der Waals surface area (Å²) in [4.78, 5) is 30.1. The molecule has 0 heterocycles. The SMILES string of the molecule is O=C(NC1CCCCC1)[C@H](Cc1ccccc1)N(Cc1c(Cl)cccc1Cl)C(=O)CN(c1ccc(F)cc1)S(=O)(=O)c1ccccc1. The molecule has 0 aliphatic heterocycles. The van der Waals surface area contributed by atoms with Crippen molar-refractivity contribution in [1.29, 1.82) is 0 Å². The number of halogens is 3. The Hall–Kier alpha value is -3.92. The van der Waals surface area contributed by atoms with Gasteiger partial charge in [-0.1, -0.05) is 97.1 Å². The number of anilines is 1. The summed E-state index contributed by atoms with van der Waals surface area (Å²) >= 11 is 13.2. The van der Waals surface area contributed by atoms with Crippen LogP contribution in [0.4, 0.5) is 10.1 Å². The highest BCUT2D eigenvalue weighted by molar-refractivity contribution is 7.92. The first-order valence-corrected chi connectivity index (χ1v) is 17.7. The highest BCUT2D eigenvalue weighted by Gasteiger charge is 2.36. The van der Waals surface area contributed by atoms with Crippen LogP contribution in [0, 0.1) is 5.82 Å². The first kappa shape index (κ1) is 34.4. The van der Waals surface area contributed by atoms with Crippen LogP contribution in [0.1, 0.15) is 43.2 Å². The molecule has 1 aliphatic rings. The molecule has 5 rings (SSSR count). The minimum Gasteiger partial charge on any atom is -0.352 e. The number of amides is 2. The molecular weight excluding hydrogens is 660 g/mol. The van der Waals surface area contributed by atoms with Crippen molar-refractivity contribution in [3.8, 4) is 0 Å². The van der Waals surface area contributed by atoms with Crippen molar-refractivity contribution in [2.45, 2.75) is 62.0 Å². The number of rotatable bonds is 12. The van der Waals surface area contributed by atoms with Crippen molar-refractivity contribution in [2.75, 3.05) is 10.8 Å². The number of nitrogens with one attached hydrogen (secondary N) is 1. The Morgan fingerprint density at radius 3 is 2.02 bits per heavy atom. The van der Waals surface area contributed by atoms with Crippen LogP contribution >= 0.6 is 23.2 Å². The Morgan fingerprint density at radius 2 is 1.40 bits per heavy atom. The maximum atomic E-state index is 14.6. The number of carbonyl (C=O) groups is 2. The van der Waals surface area contributed by atoms with Gasteiger partial charge in [0.1, 0.15) is 18.4 Å². The van der Waals surface area contributed by atoms with Gasteiger partial charge in [0, 0.05) is 34.6 Å². The lowest BCUT2D eigenvalue weighted by atomic mass is 9.94. The zero-order valence-electron chi connectivity index (χ0n) is 25.7. The zero-order valence-corrected chi connectivity index (χ0v) is 28.0. The van der Waals surface area contributed by atoms with E-state index in [1.807, 2.05) is 30.3 Å². The van der Waals surface area contributed by atoms with Crippen molar-refractivity contribution >= 4 is 50.7 Å². The summed E-state index contributed by atoms with van der Waals surface area (Å²) in [7, 11) is -4.30. The van der Waals surface area contributed by atoms with Crippen LogP contribution in [0.3, 0.4) is 0 Å². The molecule has 0 saturated heterocycles. The molecule has 0 spiro atoms. The van der Waals surface area contributed by atoms with Gasteiger partial charge in [-0.3, -0.25) is 13.9 Å². The van der Waals surface area contributed by atoms with E-state index in [9.17, 15) is 22.4 Å². The van der Waals surface area contributed by atoms with Gasteiger partial charge in [0.05, 0.1) is 10.6 Å².